The summed E-state index contributed by atoms with van der Waals surface area (Å²) < 4.78 is 13.5. The number of hydrogen-bond donors (Lipinski definition) is 1. The number of anilines is 1. The molecule has 0 aliphatic carbocycles. The average Bonchev–Trinajstić information content (AvgIpc) is 2.38. The number of nitrogens with zero attached hydrogens (tertiary/aromatic N) is 2. The number of halogens is 1. The molecule has 1 aliphatic heterocycles. The minimum Gasteiger partial charge on any atom is -0.480 e. The van der Waals surface area contributed by atoms with Gasteiger partial charge < -0.3 is 10.0 Å². The van der Waals surface area contributed by atoms with Crippen molar-refractivity contribution >= 4 is 11.7 Å². The molecule has 18 heavy (non-hydrogen) atoms. The predicted molar refractivity (Wildman–Crippen MR) is 63.7 cm³/mol. The molecule has 1 aromatic carbocycles. The van der Waals surface area contributed by atoms with E-state index in [0.29, 0.717) is 18.7 Å². The van der Waals surface area contributed by atoms with E-state index in [4.69, 9.17) is 5.26 Å². The number of rotatable bonds is 2. The Morgan fingerprint density at radius 3 is 2.94 bits per heavy atom. The Morgan fingerprint density at radius 2 is 2.28 bits per heavy atom. The lowest BCUT2D eigenvalue weighted by atomic mass is 10.00. The molecule has 5 heteroatoms. The molecular formula is C13H13FN2O2. The maximum absolute atomic E-state index is 13.5. The molecule has 4 nitrogen and oxygen atoms in total. The summed E-state index contributed by atoms with van der Waals surface area (Å²) in [5, 5.41) is 18.2. The van der Waals surface area contributed by atoms with Crippen LogP contribution >= 0.6 is 0 Å². The summed E-state index contributed by atoms with van der Waals surface area (Å²) in [4.78, 5) is 12.8. The van der Waals surface area contributed by atoms with Gasteiger partial charge in [-0.25, -0.2) is 9.18 Å². The molecule has 0 bridgehead atoms. The molecule has 0 spiro atoms. The summed E-state index contributed by atoms with van der Waals surface area (Å²) in [7, 11) is 0. The van der Waals surface area contributed by atoms with E-state index >= 15 is 0 Å². The Hall–Kier alpha value is -2.09. The maximum atomic E-state index is 13.5. The third-order valence-corrected chi connectivity index (χ3v) is 3.20. The Bertz CT molecular complexity index is 510. The van der Waals surface area contributed by atoms with Crippen molar-refractivity contribution in [2.24, 2.45) is 0 Å². The fourth-order valence-electron chi connectivity index (χ4n) is 2.34. The van der Waals surface area contributed by atoms with Crippen LogP contribution in [0.3, 0.4) is 0 Å². The zero-order valence-electron chi connectivity index (χ0n) is 9.77. The molecule has 1 aromatic rings. The second kappa shape index (κ2) is 5.05. The molecule has 1 fully saturated rings. The Labute approximate surface area is 104 Å². The highest BCUT2D eigenvalue weighted by Crippen LogP contribution is 2.29. The first-order chi connectivity index (χ1) is 8.65. The van der Waals surface area contributed by atoms with Gasteiger partial charge in [-0.2, -0.15) is 5.26 Å². The van der Waals surface area contributed by atoms with Crippen molar-refractivity contribution in [2.75, 3.05) is 11.4 Å². The highest BCUT2D eigenvalue weighted by molar-refractivity contribution is 5.79. The minimum absolute atomic E-state index is 0.0781. The molecular weight excluding hydrogens is 235 g/mol. The largest absolute Gasteiger partial charge is 0.480 e. The molecule has 1 atom stereocenters. The molecule has 1 N–H and O–H groups in total. The standard InChI is InChI=1S/C13H13FN2O2/c14-10-4-3-6-11(9(10)8-15)16-7-2-1-5-12(16)13(17)18/h3-4,6,12H,1-2,5,7H2,(H,17,18). The van der Waals surface area contributed by atoms with Crippen LogP contribution in [-0.4, -0.2) is 23.7 Å². The fourth-order valence-corrected chi connectivity index (χ4v) is 2.34. The van der Waals surface area contributed by atoms with E-state index in [9.17, 15) is 14.3 Å². The summed E-state index contributed by atoms with van der Waals surface area (Å²) in [6, 6.07) is 5.45. The summed E-state index contributed by atoms with van der Waals surface area (Å²) in [6.07, 6.45) is 2.21. The van der Waals surface area contributed by atoms with Crippen molar-refractivity contribution in [1.82, 2.24) is 0 Å². The van der Waals surface area contributed by atoms with Gasteiger partial charge in [0.1, 0.15) is 23.5 Å². The van der Waals surface area contributed by atoms with E-state index < -0.39 is 17.8 Å². The van der Waals surface area contributed by atoms with Gasteiger partial charge in [0.15, 0.2) is 0 Å². The molecule has 0 saturated carbocycles. The van der Waals surface area contributed by atoms with Crippen molar-refractivity contribution in [1.29, 1.82) is 5.26 Å². The molecule has 1 aliphatic rings. The average molecular weight is 248 g/mol. The van der Waals surface area contributed by atoms with Crippen molar-refractivity contribution in [3.05, 3.63) is 29.6 Å². The molecule has 94 valence electrons. The van der Waals surface area contributed by atoms with Crippen LogP contribution in [-0.2, 0) is 4.79 Å². The zero-order chi connectivity index (χ0) is 13.1. The number of carboxylic acids is 1. The SMILES string of the molecule is N#Cc1c(F)cccc1N1CCCCC1C(=O)O. The van der Waals surface area contributed by atoms with Gasteiger partial charge in [-0.15, -0.1) is 0 Å². The first-order valence-corrected chi connectivity index (χ1v) is 5.83. The van der Waals surface area contributed by atoms with E-state index in [1.165, 1.54) is 12.1 Å². The first-order valence-electron chi connectivity index (χ1n) is 5.83. The lowest BCUT2D eigenvalue weighted by Gasteiger charge is -2.35. The van der Waals surface area contributed by atoms with Gasteiger partial charge >= 0.3 is 5.97 Å². The third kappa shape index (κ3) is 2.14. The van der Waals surface area contributed by atoms with Crippen LogP contribution in [0.5, 0.6) is 0 Å². The van der Waals surface area contributed by atoms with Crippen LogP contribution < -0.4 is 4.90 Å². The number of hydrogen-bond acceptors (Lipinski definition) is 3. The van der Waals surface area contributed by atoms with E-state index in [1.807, 2.05) is 6.07 Å². The van der Waals surface area contributed by atoms with Crippen LogP contribution in [0.1, 0.15) is 24.8 Å². The van der Waals surface area contributed by atoms with Crippen molar-refractivity contribution < 1.29 is 14.3 Å². The fraction of sp³-hybridized carbons (Fsp3) is 0.385. The van der Waals surface area contributed by atoms with Crippen LogP contribution in [0, 0.1) is 17.1 Å². The highest BCUT2D eigenvalue weighted by Gasteiger charge is 2.30. The molecule has 1 unspecified atom stereocenters. The van der Waals surface area contributed by atoms with E-state index in [2.05, 4.69) is 0 Å². The zero-order valence-corrected chi connectivity index (χ0v) is 9.77. The van der Waals surface area contributed by atoms with Crippen molar-refractivity contribution in [3.8, 4) is 6.07 Å². The summed E-state index contributed by atoms with van der Waals surface area (Å²) in [5.74, 6) is -1.53. The van der Waals surface area contributed by atoms with E-state index in [0.717, 1.165) is 12.8 Å². The first kappa shape index (κ1) is 12.4. The molecule has 0 radical (unpaired) electrons. The third-order valence-electron chi connectivity index (χ3n) is 3.20. The second-order valence-electron chi connectivity index (χ2n) is 4.29. The quantitative estimate of drug-likeness (QED) is 0.870. The number of aliphatic carboxylic acids is 1. The summed E-state index contributed by atoms with van der Waals surface area (Å²) >= 11 is 0. The lowest BCUT2D eigenvalue weighted by Crippen LogP contribution is -2.45. The molecule has 1 heterocycles. The monoisotopic (exact) mass is 248 g/mol. The number of carbonyl (C=O) groups is 1. The van der Waals surface area contributed by atoms with E-state index in [-0.39, 0.29) is 5.56 Å². The number of carboxylic acid groups (broad SMARTS) is 1. The smallest absolute Gasteiger partial charge is 0.326 e. The maximum Gasteiger partial charge on any atom is 0.326 e. The van der Waals surface area contributed by atoms with Gasteiger partial charge in [0.2, 0.25) is 0 Å². The molecule has 0 aromatic heterocycles. The number of piperidine rings is 1. The topological polar surface area (TPSA) is 64.3 Å². The molecule has 0 amide bonds. The minimum atomic E-state index is -0.928. The Kier molecular flexibility index (Phi) is 3.47. The number of nitriles is 1. The van der Waals surface area contributed by atoms with Crippen molar-refractivity contribution in [2.45, 2.75) is 25.3 Å². The predicted octanol–water partition coefficient (Wildman–Crippen LogP) is 2.14. The molecule has 2 rings (SSSR count). The van der Waals surface area contributed by atoms with Gasteiger partial charge in [0.05, 0.1) is 5.69 Å². The lowest BCUT2D eigenvalue weighted by molar-refractivity contribution is -0.139. The normalized spacial score (nSPS) is 19.3. The van der Waals surface area contributed by atoms with Crippen LogP contribution in [0.4, 0.5) is 10.1 Å². The van der Waals surface area contributed by atoms with Gasteiger partial charge in [0, 0.05) is 6.54 Å². The Morgan fingerprint density at radius 1 is 1.50 bits per heavy atom. The van der Waals surface area contributed by atoms with Gasteiger partial charge in [-0.3, -0.25) is 0 Å². The second-order valence-corrected chi connectivity index (χ2v) is 4.29. The molecule has 1 saturated heterocycles. The summed E-state index contributed by atoms with van der Waals surface area (Å²) in [6.45, 7) is 0.537. The number of benzene rings is 1. The van der Waals surface area contributed by atoms with Crippen molar-refractivity contribution in [3.63, 3.8) is 0 Å². The van der Waals surface area contributed by atoms with Crippen LogP contribution in [0.25, 0.3) is 0 Å². The van der Waals surface area contributed by atoms with Crippen LogP contribution in [0.2, 0.25) is 0 Å². The highest BCUT2D eigenvalue weighted by atomic mass is 19.1. The summed E-state index contributed by atoms with van der Waals surface area (Å²) in [5.41, 5.74) is 0.301. The van der Waals surface area contributed by atoms with Gasteiger partial charge in [0.25, 0.3) is 0 Å². The van der Waals surface area contributed by atoms with Gasteiger partial charge in [-0.05, 0) is 31.4 Å². The Balaban J connectivity index is 2.43. The van der Waals surface area contributed by atoms with Gasteiger partial charge in [-0.1, -0.05) is 6.07 Å². The van der Waals surface area contributed by atoms with Crippen LogP contribution in [0.15, 0.2) is 18.2 Å². The van der Waals surface area contributed by atoms with E-state index in [1.54, 1.807) is 11.0 Å².